The molecule has 134 valence electrons. The molecule has 1 atom stereocenters. The molecule has 22 heavy (non-hydrogen) atoms. The van der Waals surface area contributed by atoms with E-state index < -0.39 is 0 Å². The minimum absolute atomic E-state index is 0. The number of likely N-dealkylation sites (N-methyl/N-ethyl adjacent to an activating group) is 1. The molecule has 3 heteroatoms. The van der Waals surface area contributed by atoms with Gasteiger partial charge in [0.25, 0.3) is 0 Å². The van der Waals surface area contributed by atoms with E-state index in [2.05, 4.69) is 20.6 Å². The standard InChI is InChI=1S/C19H40NO.ClH/c1-4-6-7-8-9-10-11-12-13-14-17-20(3,16-5-2)18-15-19-21;/h5,21H,2,4,6-19H2,1,3H3;1H/q+1;/p-1. The topological polar surface area (TPSA) is 20.2 Å². The van der Waals surface area contributed by atoms with Gasteiger partial charge in [-0.25, -0.2) is 0 Å². The van der Waals surface area contributed by atoms with E-state index in [9.17, 15) is 0 Å². The van der Waals surface area contributed by atoms with Gasteiger partial charge in [0.15, 0.2) is 0 Å². The van der Waals surface area contributed by atoms with Crippen LogP contribution in [0.4, 0.5) is 0 Å². The highest BCUT2D eigenvalue weighted by Gasteiger charge is 2.18. The Morgan fingerprint density at radius 2 is 1.27 bits per heavy atom. The fourth-order valence-corrected chi connectivity index (χ4v) is 3.04. The lowest BCUT2D eigenvalue weighted by Crippen LogP contribution is -3.00. The van der Waals surface area contributed by atoms with Crippen LogP contribution in [0.15, 0.2) is 12.7 Å². The molecule has 0 aromatic carbocycles. The summed E-state index contributed by atoms with van der Waals surface area (Å²) < 4.78 is 1.04. The monoisotopic (exact) mass is 333 g/mol. The summed E-state index contributed by atoms with van der Waals surface area (Å²) in [6.45, 7) is 9.78. The van der Waals surface area contributed by atoms with E-state index in [1.807, 2.05) is 6.08 Å². The van der Waals surface area contributed by atoms with Crippen LogP contribution in [-0.4, -0.2) is 42.9 Å². The van der Waals surface area contributed by atoms with Crippen molar-refractivity contribution in [3.63, 3.8) is 0 Å². The lowest BCUT2D eigenvalue weighted by molar-refractivity contribution is -0.904. The van der Waals surface area contributed by atoms with E-state index in [-0.39, 0.29) is 12.4 Å². The molecule has 1 N–H and O–H groups in total. The highest BCUT2D eigenvalue weighted by molar-refractivity contribution is 4.65. The van der Waals surface area contributed by atoms with Gasteiger partial charge in [-0.1, -0.05) is 64.9 Å². The summed E-state index contributed by atoms with van der Waals surface area (Å²) in [6, 6.07) is 0. The number of halogens is 1. The third-order valence-electron chi connectivity index (χ3n) is 4.48. The van der Waals surface area contributed by atoms with Crippen LogP contribution in [0.3, 0.4) is 0 Å². The number of quaternary nitrogens is 1. The van der Waals surface area contributed by atoms with Gasteiger partial charge in [-0.3, -0.25) is 0 Å². The van der Waals surface area contributed by atoms with Crippen LogP contribution in [0.25, 0.3) is 0 Å². The van der Waals surface area contributed by atoms with Gasteiger partial charge in [-0.15, -0.1) is 0 Å². The number of hydrogen-bond acceptors (Lipinski definition) is 1. The molecule has 0 aromatic heterocycles. The zero-order valence-electron chi connectivity index (χ0n) is 15.2. The predicted molar refractivity (Wildman–Crippen MR) is 94.5 cm³/mol. The number of aliphatic hydroxyl groups is 1. The molecule has 2 nitrogen and oxygen atoms in total. The van der Waals surface area contributed by atoms with Gasteiger partial charge < -0.3 is 22.0 Å². The molecule has 0 aliphatic carbocycles. The average Bonchev–Trinajstić information content (AvgIpc) is 2.47. The maximum atomic E-state index is 9.01. The second-order valence-electron chi connectivity index (χ2n) is 6.80. The molecule has 0 rings (SSSR count). The number of hydrogen-bond donors (Lipinski definition) is 1. The van der Waals surface area contributed by atoms with E-state index in [1.165, 1.54) is 70.8 Å². The zero-order chi connectivity index (χ0) is 15.8. The Kier molecular flexibility index (Phi) is 19.0. The van der Waals surface area contributed by atoms with Crippen LogP contribution in [-0.2, 0) is 0 Å². The maximum absolute atomic E-state index is 9.01. The Morgan fingerprint density at radius 3 is 1.73 bits per heavy atom. The molecule has 0 saturated carbocycles. The smallest absolute Gasteiger partial charge is 0.0969 e. The summed E-state index contributed by atoms with van der Waals surface area (Å²) in [7, 11) is 2.30. The summed E-state index contributed by atoms with van der Waals surface area (Å²) in [4.78, 5) is 0. The van der Waals surface area contributed by atoms with Crippen molar-refractivity contribution in [3.05, 3.63) is 12.7 Å². The van der Waals surface area contributed by atoms with Crippen LogP contribution in [0, 0.1) is 0 Å². The largest absolute Gasteiger partial charge is 1.00 e. The van der Waals surface area contributed by atoms with Crippen molar-refractivity contribution >= 4 is 0 Å². The Hall–Kier alpha value is -0.0500. The van der Waals surface area contributed by atoms with Crippen molar-refractivity contribution in [2.24, 2.45) is 0 Å². The van der Waals surface area contributed by atoms with Crippen molar-refractivity contribution in [3.8, 4) is 0 Å². The van der Waals surface area contributed by atoms with Gasteiger partial charge in [-0.2, -0.15) is 0 Å². The second kappa shape index (κ2) is 17.3. The van der Waals surface area contributed by atoms with Crippen molar-refractivity contribution < 1.29 is 22.0 Å². The first-order chi connectivity index (χ1) is 10.2. The lowest BCUT2D eigenvalue weighted by Gasteiger charge is -2.33. The van der Waals surface area contributed by atoms with E-state index in [0.717, 1.165) is 24.0 Å². The number of nitrogens with zero attached hydrogens (tertiary/aromatic N) is 1. The minimum Gasteiger partial charge on any atom is -1.00 e. The van der Waals surface area contributed by atoms with Gasteiger partial charge in [-0.05, 0) is 18.9 Å². The summed E-state index contributed by atoms with van der Waals surface area (Å²) in [5.41, 5.74) is 0. The van der Waals surface area contributed by atoms with Crippen molar-refractivity contribution in [1.82, 2.24) is 0 Å². The minimum atomic E-state index is 0. The van der Waals surface area contributed by atoms with Crippen molar-refractivity contribution in [2.75, 3.05) is 33.3 Å². The molecule has 0 bridgehead atoms. The Morgan fingerprint density at radius 1 is 0.818 bits per heavy atom. The van der Waals surface area contributed by atoms with Gasteiger partial charge in [0.2, 0.25) is 0 Å². The van der Waals surface area contributed by atoms with E-state index in [0.29, 0.717) is 6.61 Å². The first-order valence-corrected chi connectivity index (χ1v) is 9.24. The molecular formula is C19H40ClNO. The number of unbranched alkanes of at least 4 members (excludes halogenated alkanes) is 9. The highest BCUT2D eigenvalue weighted by atomic mass is 35.5. The van der Waals surface area contributed by atoms with E-state index in [4.69, 9.17) is 5.11 Å². The molecule has 0 fully saturated rings. The van der Waals surface area contributed by atoms with Gasteiger partial charge in [0, 0.05) is 13.0 Å². The van der Waals surface area contributed by atoms with Crippen LogP contribution in [0.1, 0.15) is 77.6 Å². The summed E-state index contributed by atoms with van der Waals surface area (Å²) in [6.07, 6.45) is 16.9. The second-order valence-corrected chi connectivity index (χ2v) is 6.80. The first-order valence-electron chi connectivity index (χ1n) is 9.24. The molecule has 0 heterocycles. The third kappa shape index (κ3) is 14.9. The molecule has 0 aliphatic heterocycles. The van der Waals surface area contributed by atoms with Crippen molar-refractivity contribution in [1.29, 1.82) is 0 Å². The summed E-state index contributed by atoms with van der Waals surface area (Å²) >= 11 is 0. The van der Waals surface area contributed by atoms with Crippen molar-refractivity contribution in [2.45, 2.75) is 77.6 Å². The van der Waals surface area contributed by atoms with Crippen LogP contribution in [0.2, 0.25) is 0 Å². The average molecular weight is 334 g/mol. The third-order valence-corrected chi connectivity index (χ3v) is 4.48. The molecule has 0 aliphatic rings. The van der Waals surface area contributed by atoms with Gasteiger partial charge in [0.1, 0.15) is 0 Å². The summed E-state index contributed by atoms with van der Waals surface area (Å²) in [5.74, 6) is 0. The van der Waals surface area contributed by atoms with Gasteiger partial charge in [0.05, 0.1) is 26.7 Å². The Bertz CT molecular complexity index is 235. The Labute approximate surface area is 146 Å². The molecule has 1 unspecified atom stereocenters. The SMILES string of the molecule is C=CC[N+](C)(CCCO)CCCCCCCCCCCC.[Cl-]. The number of rotatable bonds is 16. The normalized spacial score (nSPS) is 13.4. The molecule has 0 aromatic rings. The van der Waals surface area contributed by atoms with Crippen LogP contribution in [0.5, 0.6) is 0 Å². The molecule has 0 radical (unpaired) electrons. The molecule has 0 saturated heterocycles. The van der Waals surface area contributed by atoms with Gasteiger partial charge >= 0.3 is 0 Å². The molecule has 0 spiro atoms. The fourth-order valence-electron chi connectivity index (χ4n) is 3.04. The number of aliphatic hydroxyl groups excluding tert-OH is 1. The predicted octanol–water partition coefficient (Wildman–Crippen LogP) is 1.93. The van der Waals surface area contributed by atoms with Crippen LogP contribution < -0.4 is 12.4 Å². The quantitative estimate of drug-likeness (QED) is 0.260. The lowest BCUT2D eigenvalue weighted by atomic mass is 10.1. The highest BCUT2D eigenvalue weighted by Crippen LogP contribution is 2.13. The maximum Gasteiger partial charge on any atom is 0.0969 e. The first kappa shape index (κ1) is 24.2. The summed E-state index contributed by atoms with van der Waals surface area (Å²) in [5, 5.41) is 9.01. The van der Waals surface area contributed by atoms with E-state index in [1.54, 1.807) is 0 Å². The fraction of sp³-hybridized carbons (Fsp3) is 0.895. The zero-order valence-corrected chi connectivity index (χ0v) is 15.9. The Balaban J connectivity index is 0. The van der Waals surface area contributed by atoms with E-state index >= 15 is 0 Å². The molecule has 0 amide bonds. The van der Waals surface area contributed by atoms with Crippen LogP contribution >= 0.6 is 0 Å². The molecular weight excluding hydrogens is 294 g/mol.